The first-order chi connectivity index (χ1) is 11.8. The van der Waals surface area contributed by atoms with Crippen LogP contribution in [-0.4, -0.2) is 40.4 Å². The highest BCUT2D eigenvalue weighted by atomic mass is 127. The number of hydrogen-bond acceptors (Lipinski definition) is 4. The van der Waals surface area contributed by atoms with Crippen molar-refractivity contribution < 1.29 is 4.74 Å². The Morgan fingerprint density at radius 3 is 2.68 bits per heavy atom. The lowest BCUT2D eigenvalue weighted by Crippen LogP contribution is -2.42. The molecule has 2 heterocycles. The van der Waals surface area contributed by atoms with E-state index in [2.05, 4.69) is 14.9 Å². The lowest BCUT2D eigenvalue weighted by molar-refractivity contribution is 0.290. The van der Waals surface area contributed by atoms with Gasteiger partial charge in [0.2, 0.25) is 5.88 Å². The van der Waals surface area contributed by atoms with Crippen molar-refractivity contribution in [2.75, 3.05) is 24.6 Å². The van der Waals surface area contributed by atoms with Crippen LogP contribution in [0.2, 0.25) is 0 Å². The lowest BCUT2D eigenvalue weighted by Gasteiger charge is -2.27. The van der Waals surface area contributed by atoms with Gasteiger partial charge >= 0.3 is 0 Å². The number of rotatable bonds is 5. The van der Waals surface area contributed by atoms with Gasteiger partial charge < -0.3 is 15.4 Å². The zero-order valence-electron chi connectivity index (χ0n) is 14.0. The summed E-state index contributed by atoms with van der Waals surface area (Å²) in [6.07, 6.45) is 1.73. The highest BCUT2D eigenvalue weighted by Gasteiger charge is 2.12. The van der Waals surface area contributed by atoms with Crippen molar-refractivity contribution in [2.24, 2.45) is 10.7 Å². The lowest BCUT2D eigenvalue weighted by atomic mass is 10.2. The van der Waals surface area contributed by atoms with Crippen LogP contribution >= 0.6 is 35.7 Å². The van der Waals surface area contributed by atoms with E-state index in [0.717, 1.165) is 35.7 Å². The molecule has 25 heavy (non-hydrogen) atoms. The maximum absolute atomic E-state index is 6.12. The Balaban J connectivity index is 0.00000225. The van der Waals surface area contributed by atoms with E-state index in [1.807, 2.05) is 54.2 Å². The Kier molecular flexibility index (Phi) is 8.33. The third-order valence-corrected chi connectivity index (χ3v) is 4.76. The van der Waals surface area contributed by atoms with Gasteiger partial charge in [-0.1, -0.05) is 36.4 Å². The Bertz CT molecular complexity index is 678. The van der Waals surface area contributed by atoms with Crippen molar-refractivity contribution in [3.8, 4) is 5.88 Å². The summed E-state index contributed by atoms with van der Waals surface area (Å²) in [4.78, 5) is 11.0. The van der Waals surface area contributed by atoms with E-state index in [4.69, 9.17) is 10.5 Å². The van der Waals surface area contributed by atoms with Gasteiger partial charge in [0, 0.05) is 36.4 Å². The topological polar surface area (TPSA) is 63.7 Å². The van der Waals surface area contributed by atoms with Crippen molar-refractivity contribution in [1.29, 1.82) is 0 Å². The van der Waals surface area contributed by atoms with E-state index in [9.17, 15) is 0 Å². The number of aromatic nitrogens is 1. The predicted molar refractivity (Wildman–Crippen MR) is 115 cm³/mol. The van der Waals surface area contributed by atoms with Crippen molar-refractivity contribution in [1.82, 2.24) is 9.88 Å². The first-order valence-corrected chi connectivity index (χ1v) is 9.21. The summed E-state index contributed by atoms with van der Waals surface area (Å²) >= 11 is 1.96. The second-order valence-electron chi connectivity index (χ2n) is 5.52. The Morgan fingerprint density at radius 2 is 1.92 bits per heavy atom. The van der Waals surface area contributed by atoms with Gasteiger partial charge in [-0.3, -0.25) is 0 Å². The molecule has 1 aromatic carbocycles. The Labute approximate surface area is 170 Å². The zero-order chi connectivity index (χ0) is 16.6. The van der Waals surface area contributed by atoms with Crippen molar-refractivity contribution in [3.63, 3.8) is 0 Å². The van der Waals surface area contributed by atoms with Crippen molar-refractivity contribution >= 4 is 41.7 Å². The molecule has 0 bridgehead atoms. The summed E-state index contributed by atoms with van der Waals surface area (Å²) < 4.78 is 5.86. The molecule has 0 spiro atoms. The molecule has 1 aliphatic heterocycles. The average Bonchev–Trinajstić information content (AvgIpc) is 2.66. The third-order valence-electron chi connectivity index (χ3n) is 3.81. The van der Waals surface area contributed by atoms with E-state index in [1.54, 1.807) is 6.20 Å². The molecular formula is C18H23IN4OS. The van der Waals surface area contributed by atoms with E-state index in [0.29, 0.717) is 25.0 Å². The fourth-order valence-corrected chi connectivity index (χ4v) is 3.36. The van der Waals surface area contributed by atoms with Crippen LogP contribution in [0.1, 0.15) is 11.1 Å². The number of guanidine groups is 1. The van der Waals surface area contributed by atoms with Gasteiger partial charge in [0.15, 0.2) is 5.96 Å². The first-order valence-electron chi connectivity index (χ1n) is 8.06. The molecule has 1 fully saturated rings. The molecule has 5 nitrogen and oxygen atoms in total. The molecule has 0 aliphatic carbocycles. The molecule has 2 N–H and O–H groups in total. The molecule has 0 saturated carbocycles. The first kappa shape index (κ1) is 19.8. The largest absolute Gasteiger partial charge is 0.473 e. The monoisotopic (exact) mass is 470 g/mol. The van der Waals surface area contributed by atoms with Gasteiger partial charge in [0.05, 0.1) is 6.54 Å². The number of benzene rings is 1. The molecule has 2 aromatic rings. The van der Waals surface area contributed by atoms with Gasteiger partial charge in [0.1, 0.15) is 6.61 Å². The fourth-order valence-electron chi connectivity index (χ4n) is 2.46. The number of thioether (sulfide) groups is 1. The molecule has 1 saturated heterocycles. The van der Waals surface area contributed by atoms with E-state index in [-0.39, 0.29) is 24.0 Å². The second kappa shape index (κ2) is 10.5. The van der Waals surface area contributed by atoms with Crippen LogP contribution in [0, 0.1) is 0 Å². The summed E-state index contributed by atoms with van der Waals surface area (Å²) in [5.41, 5.74) is 8.18. The van der Waals surface area contributed by atoms with Gasteiger partial charge in [-0.05, 0) is 11.6 Å². The number of ether oxygens (including phenoxy) is 1. The highest BCUT2D eigenvalue weighted by Crippen LogP contribution is 2.17. The van der Waals surface area contributed by atoms with Crippen LogP contribution in [0.25, 0.3) is 0 Å². The minimum absolute atomic E-state index is 0. The molecule has 134 valence electrons. The summed E-state index contributed by atoms with van der Waals surface area (Å²) in [7, 11) is 0. The summed E-state index contributed by atoms with van der Waals surface area (Å²) in [6, 6.07) is 13.9. The fraction of sp³-hybridized carbons (Fsp3) is 0.333. The highest BCUT2D eigenvalue weighted by molar-refractivity contribution is 14.0. The van der Waals surface area contributed by atoms with Gasteiger partial charge in [-0.15, -0.1) is 24.0 Å². The number of halogens is 1. The number of aliphatic imine (C=N–C) groups is 1. The molecule has 0 unspecified atom stereocenters. The zero-order valence-corrected chi connectivity index (χ0v) is 17.2. The number of nitrogens with two attached hydrogens (primary N) is 1. The standard InChI is InChI=1S/C18H22N4OS.HI/c19-18(22-9-11-24-12-10-22)21-13-16-7-4-8-20-17(16)23-14-15-5-2-1-3-6-15;/h1-8H,9-14H2,(H2,19,21);1H. The smallest absolute Gasteiger partial charge is 0.218 e. The quantitative estimate of drug-likeness (QED) is 0.414. The number of hydrogen-bond donors (Lipinski definition) is 1. The molecule has 0 radical (unpaired) electrons. The number of pyridine rings is 1. The normalized spacial score (nSPS) is 14.7. The van der Waals surface area contributed by atoms with Crippen molar-refractivity contribution in [2.45, 2.75) is 13.2 Å². The van der Waals surface area contributed by atoms with Crippen LogP contribution < -0.4 is 10.5 Å². The minimum Gasteiger partial charge on any atom is -0.473 e. The SMILES string of the molecule is I.NC(=NCc1cccnc1OCc1ccccc1)N1CCSCC1. The average molecular weight is 470 g/mol. The minimum atomic E-state index is 0. The van der Waals surface area contributed by atoms with E-state index >= 15 is 0 Å². The predicted octanol–water partition coefficient (Wildman–Crippen LogP) is 3.14. The van der Waals surface area contributed by atoms with Crippen LogP contribution in [0.15, 0.2) is 53.7 Å². The second-order valence-corrected chi connectivity index (χ2v) is 6.74. The molecule has 1 aromatic heterocycles. The van der Waals surface area contributed by atoms with Gasteiger partial charge in [-0.25, -0.2) is 9.98 Å². The summed E-state index contributed by atoms with van der Waals surface area (Å²) in [6.45, 7) is 2.90. The molecule has 3 rings (SSSR count). The Hall–Kier alpha value is -1.48. The van der Waals surface area contributed by atoms with E-state index in [1.165, 1.54) is 0 Å². The Morgan fingerprint density at radius 1 is 1.16 bits per heavy atom. The maximum atomic E-state index is 6.12. The summed E-state index contributed by atoms with van der Waals surface area (Å²) in [5.74, 6) is 3.43. The number of nitrogens with zero attached hydrogens (tertiary/aromatic N) is 3. The van der Waals surface area contributed by atoms with Gasteiger partial charge in [0.25, 0.3) is 0 Å². The molecule has 0 amide bonds. The van der Waals surface area contributed by atoms with Crippen LogP contribution in [0.5, 0.6) is 5.88 Å². The summed E-state index contributed by atoms with van der Waals surface area (Å²) in [5, 5.41) is 0. The third kappa shape index (κ3) is 6.07. The van der Waals surface area contributed by atoms with E-state index < -0.39 is 0 Å². The van der Waals surface area contributed by atoms with Crippen molar-refractivity contribution in [3.05, 3.63) is 59.8 Å². The molecular weight excluding hydrogens is 447 g/mol. The molecule has 1 aliphatic rings. The maximum Gasteiger partial charge on any atom is 0.218 e. The van der Waals surface area contributed by atoms with Crippen LogP contribution in [0.3, 0.4) is 0 Å². The van der Waals surface area contributed by atoms with Gasteiger partial charge in [-0.2, -0.15) is 11.8 Å². The molecule has 0 atom stereocenters. The van der Waals surface area contributed by atoms with Crippen LogP contribution in [0.4, 0.5) is 0 Å². The molecule has 7 heteroatoms. The van der Waals surface area contributed by atoms with Crippen LogP contribution in [-0.2, 0) is 13.2 Å².